The molecule has 4 fully saturated rings. The quantitative estimate of drug-likeness (QED) is 0.648. The standard InChI is InChI=1S/C21H34O2/c1-4-14-5-7-17-18-8-6-15-13-16(22)9-10-20(15,3)21(18,23)12-11-19(14,17)2/h4,15-18,22-23H,5-13H2,1-3H3/t15?,16-,17?,18?,19-,20+,21-/m1/s1. The molecule has 0 aliphatic heterocycles. The molecule has 7 atom stereocenters. The third-order valence-electron chi connectivity index (χ3n) is 9.02. The van der Waals surface area contributed by atoms with Crippen LogP contribution in [0.25, 0.3) is 0 Å². The molecule has 2 heteroatoms. The Kier molecular flexibility index (Phi) is 3.57. The van der Waals surface area contributed by atoms with Crippen LogP contribution in [0.15, 0.2) is 11.6 Å². The van der Waals surface area contributed by atoms with Crippen molar-refractivity contribution in [3.8, 4) is 0 Å². The third kappa shape index (κ3) is 1.94. The number of hydrogen-bond donors (Lipinski definition) is 2. The van der Waals surface area contributed by atoms with Crippen LogP contribution >= 0.6 is 0 Å². The summed E-state index contributed by atoms with van der Waals surface area (Å²) in [5, 5.41) is 22.1. The fourth-order valence-electron chi connectivity index (χ4n) is 7.50. The van der Waals surface area contributed by atoms with Gasteiger partial charge in [0.15, 0.2) is 0 Å². The number of aliphatic hydroxyl groups is 2. The largest absolute Gasteiger partial charge is 0.393 e. The van der Waals surface area contributed by atoms with E-state index in [4.69, 9.17) is 0 Å². The topological polar surface area (TPSA) is 40.5 Å². The van der Waals surface area contributed by atoms with Crippen LogP contribution in [0.4, 0.5) is 0 Å². The van der Waals surface area contributed by atoms with E-state index in [1.54, 1.807) is 5.57 Å². The SMILES string of the molecule is CC=C1CCC2C3CCC4C[C@H](O)CC[C@]4(C)[C@@]3(O)CC[C@]12C. The molecule has 0 spiro atoms. The highest BCUT2D eigenvalue weighted by Gasteiger charge is 2.65. The second-order valence-electron chi connectivity index (χ2n) is 9.53. The van der Waals surface area contributed by atoms with Crippen molar-refractivity contribution in [3.63, 3.8) is 0 Å². The third-order valence-corrected chi connectivity index (χ3v) is 9.02. The average Bonchev–Trinajstić information content (AvgIpc) is 2.86. The average molecular weight is 319 g/mol. The highest BCUT2D eigenvalue weighted by Crippen LogP contribution is 2.68. The molecule has 0 bridgehead atoms. The minimum Gasteiger partial charge on any atom is -0.393 e. The van der Waals surface area contributed by atoms with Gasteiger partial charge in [-0.25, -0.2) is 0 Å². The molecule has 23 heavy (non-hydrogen) atoms. The van der Waals surface area contributed by atoms with Crippen LogP contribution < -0.4 is 0 Å². The Balaban J connectivity index is 1.70. The molecule has 2 nitrogen and oxygen atoms in total. The molecule has 2 N–H and O–H groups in total. The maximum absolute atomic E-state index is 12.0. The molecule has 4 saturated carbocycles. The number of aliphatic hydroxyl groups excluding tert-OH is 1. The summed E-state index contributed by atoms with van der Waals surface area (Å²) < 4.78 is 0. The number of hydrogen-bond acceptors (Lipinski definition) is 2. The summed E-state index contributed by atoms with van der Waals surface area (Å²) in [7, 11) is 0. The van der Waals surface area contributed by atoms with E-state index in [0.717, 1.165) is 32.1 Å². The Labute approximate surface area is 141 Å². The van der Waals surface area contributed by atoms with Crippen molar-refractivity contribution in [1.29, 1.82) is 0 Å². The van der Waals surface area contributed by atoms with Crippen molar-refractivity contribution < 1.29 is 10.2 Å². The first-order valence-corrected chi connectivity index (χ1v) is 9.91. The Morgan fingerprint density at radius 2 is 1.78 bits per heavy atom. The van der Waals surface area contributed by atoms with Crippen LogP contribution in [-0.4, -0.2) is 21.9 Å². The van der Waals surface area contributed by atoms with Gasteiger partial charge < -0.3 is 10.2 Å². The predicted octanol–water partition coefficient (Wildman–Crippen LogP) is 4.45. The normalized spacial score (nSPS) is 57.7. The zero-order chi connectivity index (χ0) is 16.5. The van der Waals surface area contributed by atoms with E-state index in [0.29, 0.717) is 23.2 Å². The van der Waals surface area contributed by atoms with Gasteiger partial charge in [-0.15, -0.1) is 0 Å². The Morgan fingerprint density at radius 3 is 2.52 bits per heavy atom. The van der Waals surface area contributed by atoms with Gasteiger partial charge in [0, 0.05) is 0 Å². The minimum atomic E-state index is -0.497. The van der Waals surface area contributed by atoms with Crippen LogP contribution in [0.2, 0.25) is 0 Å². The molecule has 0 saturated heterocycles. The molecule has 0 aromatic rings. The highest BCUT2D eigenvalue weighted by atomic mass is 16.3. The fourth-order valence-corrected chi connectivity index (χ4v) is 7.50. The summed E-state index contributed by atoms with van der Waals surface area (Å²) in [5.41, 5.74) is 1.51. The van der Waals surface area contributed by atoms with Gasteiger partial charge in [-0.2, -0.15) is 0 Å². The lowest BCUT2D eigenvalue weighted by Crippen LogP contribution is -2.65. The fraction of sp³-hybridized carbons (Fsp3) is 0.905. The molecular weight excluding hydrogens is 284 g/mol. The molecule has 0 heterocycles. The molecule has 4 rings (SSSR count). The second-order valence-corrected chi connectivity index (χ2v) is 9.53. The number of fused-ring (bicyclic) bond motifs is 5. The molecule has 130 valence electrons. The minimum absolute atomic E-state index is 0.0230. The number of allylic oxidation sites excluding steroid dienone is 2. The van der Waals surface area contributed by atoms with E-state index in [1.807, 2.05) is 0 Å². The van der Waals surface area contributed by atoms with Crippen molar-refractivity contribution >= 4 is 0 Å². The smallest absolute Gasteiger partial charge is 0.0735 e. The van der Waals surface area contributed by atoms with E-state index >= 15 is 0 Å². The van der Waals surface area contributed by atoms with Gasteiger partial charge in [0.1, 0.15) is 0 Å². The molecule has 4 aliphatic rings. The molecule has 0 amide bonds. The van der Waals surface area contributed by atoms with E-state index in [1.165, 1.54) is 25.7 Å². The molecule has 3 unspecified atom stereocenters. The summed E-state index contributed by atoms with van der Waals surface area (Å²) in [4.78, 5) is 0. The van der Waals surface area contributed by atoms with Crippen LogP contribution in [0.1, 0.15) is 78.6 Å². The van der Waals surface area contributed by atoms with Gasteiger partial charge in [0.2, 0.25) is 0 Å². The molecule has 0 radical (unpaired) electrons. The van der Waals surface area contributed by atoms with Crippen molar-refractivity contribution in [2.24, 2.45) is 28.6 Å². The Bertz CT molecular complexity index is 526. The van der Waals surface area contributed by atoms with E-state index in [9.17, 15) is 10.2 Å². The van der Waals surface area contributed by atoms with E-state index in [2.05, 4.69) is 26.8 Å². The van der Waals surface area contributed by atoms with Crippen molar-refractivity contribution in [2.45, 2.75) is 90.3 Å². The van der Waals surface area contributed by atoms with Gasteiger partial charge in [-0.05, 0) is 93.3 Å². The van der Waals surface area contributed by atoms with Gasteiger partial charge in [0.25, 0.3) is 0 Å². The first kappa shape index (κ1) is 16.1. The predicted molar refractivity (Wildman–Crippen MR) is 93.0 cm³/mol. The Morgan fingerprint density at radius 1 is 1.00 bits per heavy atom. The number of rotatable bonds is 0. The van der Waals surface area contributed by atoms with Crippen LogP contribution in [-0.2, 0) is 0 Å². The lowest BCUT2D eigenvalue weighted by atomic mass is 9.42. The van der Waals surface area contributed by atoms with Crippen LogP contribution in [0.3, 0.4) is 0 Å². The summed E-state index contributed by atoms with van der Waals surface area (Å²) >= 11 is 0. The van der Waals surface area contributed by atoms with Crippen molar-refractivity contribution in [1.82, 2.24) is 0 Å². The van der Waals surface area contributed by atoms with Crippen LogP contribution in [0, 0.1) is 28.6 Å². The van der Waals surface area contributed by atoms with E-state index in [-0.39, 0.29) is 11.5 Å². The van der Waals surface area contributed by atoms with E-state index < -0.39 is 5.60 Å². The van der Waals surface area contributed by atoms with Gasteiger partial charge in [-0.3, -0.25) is 0 Å². The summed E-state index contributed by atoms with van der Waals surface area (Å²) in [6.45, 7) is 7.02. The summed E-state index contributed by atoms with van der Waals surface area (Å²) in [6, 6.07) is 0. The van der Waals surface area contributed by atoms with Gasteiger partial charge >= 0.3 is 0 Å². The van der Waals surface area contributed by atoms with Gasteiger partial charge in [0.05, 0.1) is 11.7 Å². The first-order chi connectivity index (χ1) is 10.8. The maximum Gasteiger partial charge on any atom is 0.0735 e. The lowest BCUT2D eigenvalue weighted by molar-refractivity contribution is -0.235. The van der Waals surface area contributed by atoms with Crippen molar-refractivity contribution in [3.05, 3.63) is 11.6 Å². The monoisotopic (exact) mass is 318 g/mol. The maximum atomic E-state index is 12.0. The van der Waals surface area contributed by atoms with Crippen LogP contribution in [0.5, 0.6) is 0 Å². The highest BCUT2D eigenvalue weighted by molar-refractivity contribution is 5.26. The molecule has 0 aromatic carbocycles. The molecule has 0 aromatic heterocycles. The summed E-state index contributed by atoms with van der Waals surface area (Å²) in [5.74, 6) is 1.65. The Hall–Kier alpha value is -0.340. The lowest BCUT2D eigenvalue weighted by Gasteiger charge is -2.65. The molecular formula is C21H34O2. The zero-order valence-corrected chi connectivity index (χ0v) is 15.1. The zero-order valence-electron chi connectivity index (χ0n) is 15.1. The second kappa shape index (κ2) is 5.08. The van der Waals surface area contributed by atoms with Crippen molar-refractivity contribution in [2.75, 3.05) is 0 Å². The molecule has 4 aliphatic carbocycles. The van der Waals surface area contributed by atoms with Gasteiger partial charge in [-0.1, -0.05) is 25.5 Å². The first-order valence-electron chi connectivity index (χ1n) is 9.91. The summed E-state index contributed by atoms with van der Waals surface area (Å²) in [6.07, 6.45) is 12.0.